The van der Waals surface area contributed by atoms with Gasteiger partial charge < -0.3 is 9.84 Å². The third-order valence-electron chi connectivity index (χ3n) is 2.64. The minimum atomic E-state index is 0.321. The van der Waals surface area contributed by atoms with Crippen molar-refractivity contribution in [2.45, 2.75) is 32.8 Å². The van der Waals surface area contributed by atoms with Gasteiger partial charge in [-0.2, -0.15) is 0 Å². The van der Waals surface area contributed by atoms with E-state index in [1.165, 1.54) is 6.42 Å². The zero-order chi connectivity index (χ0) is 10.7. The molecule has 1 aliphatic heterocycles. The highest BCUT2D eigenvalue weighted by Gasteiger charge is 2.10. The van der Waals surface area contributed by atoms with Crippen LogP contribution in [0.2, 0.25) is 0 Å². The van der Waals surface area contributed by atoms with Crippen molar-refractivity contribution in [3.8, 4) is 5.75 Å². The van der Waals surface area contributed by atoms with Crippen molar-refractivity contribution in [2.24, 2.45) is 0 Å². The van der Waals surface area contributed by atoms with Crippen LogP contribution in [0.5, 0.6) is 5.75 Å². The van der Waals surface area contributed by atoms with Crippen molar-refractivity contribution in [3.63, 3.8) is 0 Å². The Balaban J connectivity index is 2.20. The lowest BCUT2D eigenvalue weighted by molar-refractivity contribution is 0.186. The molecule has 2 rings (SSSR count). The zero-order valence-corrected chi connectivity index (χ0v) is 8.99. The summed E-state index contributed by atoms with van der Waals surface area (Å²) in [6.07, 6.45) is 5.35. The van der Waals surface area contributed by atoms with E-state index in [2.05, 4.69) is 6.92 Å². The Bertz CT molecular complexity index is 380. The lowest BCUT2D eigenvalue weighted by Gasteiger charge is -2.18. The molecule has 1 aromatic rings. The molecule has 0 fully saturated rings. The van der Waals surface area contributed by atoms with Gasteiger partial charge in [0.1, 0.15) is 12.4 Å². The zero-order valence-electron chi connectivity index (χ0n) is 8.99. The van der Waals surface area contributed by atoms with Crippen LogP contribution in [0.3, 0.4) is 0 Å². The van der Waals surface area contributed by atoms with Crippen molar-refractivity contribution in [2.75, 3.05) is 0 Å². The summed E-state index contributed by atoms with van der Waals surface area (Å²) in [5.74, 6) is 1.36. The van der Waals surface area contributed by atoms with Crippen LogP contribution in [0.25, 0.3) is 6.08 Å². The fourth-order valence-electron chi connectivity index (χ4n) is 1.73. The van der Waals surface area contributed by atoms with Crippen LogP contribution in [0, 0.1) is 0 Å². The summed E-state index contributed by atoms with van der Waals surface area (Å²) in [5, 5.41) is 9.38. The second-order valence-corrected chi connectivity index (χ2v) is 3.89. The molecule has 2 heteroatoms. The second kappa shape index (κ2) is 4.39. The topological polar surface area (TPSA) is 29.5 Å². The maximum Gasteiger partial charge on any atom is 0.116 e. The maximum atomic E-state index is 9.38. The predicted octanol–water partition coefficient (Wildman–Crippen LogP) is 3.45. The van der Waals surface area contributed by atoms with Gasteiger partial charge in [0.2, 0.25) is 0 Å². The first-order valence-corrected chi connectivity index (χ1v) is 5.45. The first-order valence-electron chi connectivity index (χ1n) is 5.45. The Labute approximate surface area is 90.2 Å². The number of phenols is 1. The monoisotopic (exact) mass is 204 g/mol. The van der Waals surface area contributed by atoms with Gasteiger partial charge >= 0.3 is 0 Å². The average molecular weight is 204 g/mol. The number of ether oxygens (including phenoxy) is 1. The summed E-state index contributed by atoms with van der Waals surface area (Å²) in [4.78, 5) is 0. The quantitative estimate of drug-likeness (QED) is 0.817. The fourth-order valence-corrected chi connectivity index (χ4v) is 1.73. The molecule has 80 valence electrons. The van der Waals surface area contributed by atoms with Crippen molar-refractivity contribution in [1.29, 1.82) is 0 Å². The predicted molar refractivity (Wildman–Crippen MR) is 60.4 cm³/mol. The van der Waals surface area contributed by atoms with E-state index in [0.29, 0.717) is 12.4 Å². The van der Waals surface area contributed by atoms with Crippen LogP contribution >= 0.6 is 0 Å². The standard InChI is InChI=1S/C13H16O2/c1-2-3-4-13-8-11-7-12(14)6-5-10(11)9-15-13/h5-8,14H,2-4,9H2,1H3. The Morgan fingerprint density at radius 2 is 2.27 bits per heavy atom. The van der Waals surface area contributed by atoms with E-state index in [1.807, 2.05) is 12.1 Å². The van der Waals surface area contributed by atoms with E-state index >= 15 is 0 Å². The van der Waals surface area contributed by atoms with Gasteiger partial charge in [0, 0.05) is 6.42 Å². The first-order chi connectivity index (χ1) is 7.29. The van der Waals surface area contributed by atoms with Gasteiger partial charge in [0.25, 0.3) is 0 Å². The normalized spacial score (nSPS) is 14.1. The highest BCUT2D eigenvalue weighted by molar-refractivity contribution is 5.59. The van der Waals surface area contributed by atoms with E-state index in [1.54, 1.807) is 12.1 Å². The first kappa shape index (κ1) is 10.1. The van der Waals surface area contributed by atoms with Gasteiger partial charge in [0.15, 0.2) is 0 Å². The summed E-state index contributed by atoms with van der Waals surface area (Å²) >= 11 is 0. The summed E-state index contributed by atoms with van der Waals surface area (Å²) in [6.45, 7) is 2.80. The minimum Gasteiger partial charge on any atom is -0.508 e. The van der Waals surface area contributed by atoms with Crippen molar-refractivity contribution >= 4 is 6.08 Å². The van der Waals surface area contributed by atoms with Gasteiger partial charge in [-0.25, -0.2) is 0 Å². The van der Waals surface area contributed by atoms with Crippen molar-refractivity contribution in [1.82, 2.24) is 0 Å². The van der Waals surface area contributed by atoms with Crippen molar-refractivity contribution < 1.29 is 9.84 Å². The van der Waals surface area contributed by atoms with Crippen molar-refractivity contribution in [3.05, 3.63) is 35.1 Å². The number of phenolic OH excluding ortho intramolecular Hbond substituents is 1. The van der Waals surface area contributed by atoms with Crippen LogP contribution in [0.1, 0.15) is 37.3 Å². The molecule has 0 saturated carbocycles. The minimum absolute atomic E-state index is 0.321. The number of fused-ring (bicyclic) bond motifs is 1. The molecule has 0 bridgehead atoms. The number of hydrogen-bond donors (Lipinski definition) is 1. The molecule has 0 aromatic heterocycles. The summed E-state index contributed by atoms with van der Waals surface area (Å²) in [7, 11) is 0. The molecular weight excluding hydrogens is 188 g/mol. The Morgan fingerprint density at radius 3 is 3.07 bits per heavy atom. The van der Waals surface area contributed by atoms with Crippen LogP contribution in [-0.2, 0) is 11.3 Å². The number of hydrogen-bond acceptors (Lipinski definition) is 2. The van der Waals surface area contributed by atoms with E-state index in [-0.39, 0.29) is 0 Å². The van der Waals surface area contributed by atoms with E-state index < -0.39 is 0 Å². The van der Waals surface area contributed by atoms with Crippen LogP contribution in [-0.4, -0.2) is 5.11 Å². The van der Waals surface area contributed by atoms with Gasteiger partial charge in [-0.15, -0.1) is 0 Å². The van der Waals surface area contributed by atoms with Crippen LogP contribution < -0.4 is 0 Å². The third kappa shape index (κ3) is 2.32. The summed E-state index contributed by atoms with van der Waals surface area (Å²) in [6, 6.07) is 5.41. The van der Waals surface area contributed by atoms with E-state index in [0.717, 1.165) is 29.7 Å². The fraction of sp³-hybridized carbons (Fsp3) is 0.385. The molecule has 1 heterocycles. The van der Waals surface area contributed by atoms with E-state index in [4.69, 9.17) is 4.74 Å². The van der Waals surface area contributed by atoms with Crippen LogP contribution in [0.15, 0.2) is 24.0 Å². The molecule has 0 radical (unpaired) electrons. The van der Waals surface area contributed by atoms with Gasteiger partial charge in [0.05, 0.1) is 5.76 Å². The molecule has 0 unspecified atom stereocenters. The highest BCUT2D eigenvalue weighted by Crippen LogP contribution is 2.27. The summed E-state index contributed by atoms with van der Waals surface area (Å²) in [5.41, 5.74) is 2.24. The number of benzene rings is 1. The van der Waals surface area contributed by atoms with Gasteiger partial charge in [-0.1, -0.05) is 19.4 Å². The second-order valence-electron chi connectivity index (χ2n) is 3.89. The molecule has 0 spiro atoms. The highest BCUT2D eigenvalue weighted by atomic mass is 16.5. The average Bonchev–Trinajstić information content (AvgIpc) is 2.25. The van der Waals surface area contributed by atoms with E-state index in [9.17, 15) is 5.11 Å². The smallest absolute Gasteiger partial charge is 0.116 e. The molecule has 0 aliphatic carbocycles. The number of unbranched alkanes of at least 4 members (excludes halogenated alkanes) is 1. The molecule has 0 saturated heterocycles. The number of rotatable bonds is 3. The largest absolute Gasteiger partial charge is 0.508 e. The molecule has 1 aliphatic rings. The Kier molecular flexibility index (Phi) is 2.95. The molecule has 15 heavy (non-hydrogen) atoms. The third-order valence-corrected chi connectivity index (χ3v) is 2.64. The molecule has 1 N–H and O–H groups in total. The lowest BCUT2D eigenvalue weighted by atomic mass is 10.0. The molecule has 1 aromatic carbocycles. The SMILES string of the molecule is CCCCC1=Cc2cc(O)ccc2CO1. The number of aromatic hydroxyl groups is 1. The molecule has 2 nitrogen and oxygen atoms in total. The maximum absolute atomic E-state index is 9.38. The van der Waals surface area contributed by atoms with Crippen LogP contribution in [0.4, 0.5) is 0 Å². The molecule has 0 atom stereocenters. The van der Waals surface area contributed by atoms with Gasteiger partial charge in [-0.05, 0) is 35.8 Å². The molecule has 0 amide bonds. The lowest BCUT2D eigenvalue weighted by Crippen LogP contribution is -2.02. The molecular formula is C13H16O2. The Hall–Kier alpha value is -1.44. The summed E-state index contributed by atoms with van der Waals surface area (Å²) < 4.78 is 5.63. The number of allylic oxidation sites excluding steroid dienone is 1. The van der Waals surface area contributed by atoms with Gasteiger partial charge in [-0.3, -0.25) is 0 Å². The Morgan fingerprint density at radius 1 is 1.40 bits per heavy atom.